The Morgan fingerprint density at radius 1 is 0.633 bits per heavy atom. The number of carboxylic acid groups (broad SMARTS) is 2. The number of hydrogen-bond donors (Lipinski definition) is 6. The molecule has 0 saturated heterocycles. The Kier molecular flexibility index (Phi) is 6.07. The highest BCUT2D eigenvalue weighted by molar-refractivity contribution is 5.89. The molecule has 0 atom stereocenters. The molecule has 0 heterocycles. The number of aromatic hydroxyl groups is 2. The molecule has 3 aromatic carbocycles. The highest BCUT2D eigenvalue weighted by atomic mass is 16.4. The van der Waals surface area contributed by atoms with Crippen LogP contribution in [0.15, 0.2) is 60.7 Å². The van der Waals surface area contributed by atoms with Crippen molar-refractivity contribution < 1.29 is 30.0 Å². The van der Waals surface area contributed by atoms with Crippen LogP contribution in [0.3, 0.4) is 0 Å². The van der Waals surface area contributed by atoms with Gasteiger partial charge in [0.2, 0.25) is 0 Å². The Morgan fingerprint density at radius 2 is 1.00 bits per heavy atom. The van der Waals surface area contributed by atoms with Crippen LogP contribution in [-0.4, -0.2) is 32.4 Å². The van der Waals surface area contributed by atoms with Crippen LogP contribution in [0.4, 0.5) is 11.4 Å². The van der Waals surface area contributed by atoms with E-state index >= 15 is 0 Å². The van der Waals surface area contributed by atoms with Gasteiger partial charge < -0.3 is 31.1 Å². The zero-order valence-corrected chi connectivity index (χ0v) is 15.8. The smallest absolute Gasteiger partial charge is 0.335 e. The molecule has 0 aliphatic heterocycles. The van der Waals surface area contributed by atoms with Crippen LogP contribution in [0.2, 0.25) is 0 Å². The van der Waals surface area contributed by atoms with Gasteiger partial charge in [-0.3, -0.25) is 0 Å². The normalized spacial score (nSPS) is 10.4. The van der Waals surface area contributed by atoms with Crippen molar-refractivity contribution in [2.75, 3.05) is 10.6 Å². The second-order valence-corrected chi connectivity index (χ2v) is 6.60. The topological polar surface area (TPSA) is 139 Å². The van der Waals surface area contributed by atoms with Gasteiger partial charge in [-0.05, 0) is 47.5 Å². The standard InChI is InChI=1S/C22H20N2O6/c25-19-9-15(21(27)28)5-7-17(19)23-11-13-1-2-14(4-3-13)12-24-18-8-6-16(22(29)30)10-20(18)26/h1-10,23-26H,11-12H2,(H,27,28)(H,29,30). The monoisotopic (exact) mass is 408 g/mol. The Morgan fingerprint density at radius 3 is 1.30 bits per heavy atom. The highest BCUT2D eigenvalue weighted by Crippen LogP contribution is 2.26. The highest BCUT2D eigenvalue weighted by Gasteiger charge is 2.09. The van der Waals surface area contributed by atoms with E-state index in [1.165, 1.54) is 36.4 Å². The number of phenolic OH excluding ortho intramolecular Hbond substituents is 2. The fourth-order valence-electron chi connectivity index (χ4n) is 2.80. The summed E-state index contributed by atoms with van der Waals surface area (Å²) in [5, 5.41) is 43.8. The van der Waals surface area contributed by atoms with E-state index in [0.717, 1.165) is 11.1 Å². The summed E-state index contributed by atoms with van der Waals surface area (Å²) in [5.74, 6) is -2.48. The molecule has 0 saturated carbocycles. The number of hydrogen-bond acceptors (Lipinski definition) is 6. The van der Waals surface area contributed by atoms with E-state index in [4.69, 9.17) is 10.2 Å². The maximum Gasteiger partial charge on any atom is 0.335 e. The summed E-state index contributed by atoms with van der Waals surface area (Å²) < 4.78 is 0. The van der Waals surface area contributed by atoms with Crippen molar-refractivity contribution in [1.29, 1.82) is 0 Å². The van der Waals surface area contributed by atoms with E-state index in [0.29, 0.717) is 24.5 Å². The van der Waals surface area contributed by atoms with Gasteiger partial charge in [0, 0.05) is 13.1 Å². The zero-order chi connectivity index (χ0) is 21.7. The molecule has 6 N–H and O–H groups in total. The van der Waals surface area contributed by atoms with E-state index in [1.54, 1.807) is 0 Å². The van der Waals surface area contributed by atoms with Gasteiger partial charge in [-0.1, -0.05) is 24.3 Å². The quantitative estimate of drug-likeness (QED) is 0.310. The molecule has 0 aliphatic carbocycles. The first kappa shape index (κ1) is 20.5. The fourth-order valence-corrected chi connectivity index (χ4v) is 2.80. The fraction of sp³-hybridized carbons (Fsp3) is 0.0909. The minimum absolute atomic E-state index is 0.0125. The molecule has 154 valence electrons. The lowest BCUT2D eigenvalue weighted by Crippen LogP contribution is -2.03. The van der Waals surface area contributed by atoms with Gasteiger partial charge in [0.15, 0.2) is 0 Å². The van der Waals surface area contributed by atoms with Gasteiger partial charge >= 0.3 is 11.9 Å². The van der Waals surface area contributed by atoms with Crippen molar-refractivity contribution in [3.05, 3.63) is 82.9 Å². The van der Waals surface area contributed by atoms with Crippen molar-refractivity contribution in [3.63, 3.8) is 0 Å². The molecule has 0 unspecified atom stereocenters. The number of carbonyl (C=O) groups is 2. The number of phenols is 2. The second kappa shape index (κ2) is 8.87. The molecular weight excluding hydrogens is 388 g/mol. The minimum atomic E-state index is -1.10. The number of aromatic carboxylic acids is 2. The molecule has 8 nitrogen and oxygen atoms in total. The third-order valence-corrected chi connectivity index (χ3v) is 4.48. The van der Waals surface area contributed by atoms with Crippen LogP contribution in [0.5, 0.6) is 11.5 Å². The van der Waals surface area contributed by atoms with Crippen molar-refractivity contribution in [2.24, 2.45) is 0 Å². The molecule has 0 fully saturated rings. The molecule has 3 rings (SSSR count). The number of nitrogens with one attached hydrogen (secondary N) is 2. The Hall–Kier alpha value is -4.20. The summed E-state index contributed by atoms with van der Waals surface area (Å²) >= 11 is 0. The summed E-state index contributed by atoms with van der Waals surface area (Å²) in [7, 11) is 0. The van der Waals surface area contributed by atoms with Gasteiger partial charge in [0.05, 0.1) is 22.5 Å². The Labute approximate surface area is 172 Å². The molecule has 0 bridgehead atoms. The van der Waals surface area contributed by atoms with Crippen LogP contribution in [0, 0.1) is 0 Å². The molecule has 3 aromatic rings. The average molecular weight is 408 g/mol. The summed E-state index contributed by atoms with van der Waals surface area (Å²) in [6, 6.07) is 15.9. The van der Waals surface area contributed by atoms with Crippen molar-refractivity contribution in [1.82, 2.24) is 0 Å². The SMILES string of the molecule is O=C(O)c1ccc(NCc2ccc(CNc3ccc(C(=O)O)cc3O)cc2)c(O)c1. The third-order valence-electron chi connectivity index (χ3n) is 4.48. The summed E-state index contributed by atoms with van der Waals surface area (Å²) in [6.07, 6.45) is 0. The molecule has 0 amide bonds. The van der Waals surface area contributed by atoms with Crippen LogP contribution in [0.1, 0.15) is 31.8 Å². The molecular formula is C22H20N2O6. The van der Waals surface area contributed by atoms with Crippen molar-refractivity contribution in [2.45, 2.75) is 13.1 Å². The molecule has 0 radical (unpaired) electrons. The third kappa shape index (κ3) is 4.99. The zero-order valence-electron chi connectivity index (χ0n) is 15.8. The molecule has 0 aliphatic rings. The predicted molar refractivity (Wildman–Crippen MR) is 111 cm³/mol. The summed E-state index contributed by atoms with van der Waals surface area (Å²) in [6.45, 7) is 0.871. The van der Waals surface area contributed by atoms with Gasteiger partial charge in [-0.2, -0.15) is 0 Å². The lowest BCUT2D eigenvalue weighted by molar-refractivity contribution is 0.0686. The molecule has 0 aromatic heterocycles. The van der Waals surface area contributed by atoms with Gasteiger partial charge in [0.25, 0.3) is 0 Å². The van der Waals surface area contributed by atoms with Crippen LogP contribution >= 0.6 is 0 Å². The maximum atomic E-state index is 10.9. The summed E-state index contributed by atoms with van der Waals surface area (Å²) in [4.78, 5) is 21.8. The average Bonchev–Trinajstić information content (AvgIpc) is 2.72. The Bertz CT molecular complexity index is 993. The first-order chi connectivity index (χ1) is 14.3. The minimum Gasteiger partial charge on any atom is -0.506 e. The second-order valence-electron chi connectivity index (χ2n) is 6.60. The predicted octanol–water partition coefficient (Wildman–Crippen LogP) is 3.72. The number of anilines is 2. The molecule has 30 heavy (non-hydrogen) atoms. The van der Waals surface area contributed by atoms with E-state index in [1.807, 2.05) is 24.3 Å². The van der Waals surface area contributed by atoms with E-state index < -0.39 is 11.9 Å². The van der Waals surface area contributed by atoms with Crippen LogP contribution < -0.4 is 10.6 Å². The van der Waals surface area contributed by atoms with Gasteiger partial charge in [-0.25, -0.2) is 9.59 Å². The lowest BCUT2D eigenvalue weighted by Gasteiger charge is -2.11. The van der Waals surface area contributed by atoms with Crippen LogP contribution in [0.25, 0.3) is 0 Å². The first-order valence-electron chi connectivity index (χ1n) is 9.01. The number of carboxylic acids is 2. The lowest BCUT2D eigenvalue weighted by atomic mass is 10.1. The van der Waals surface area contributed by atoms with Crippen molar-refractivity contribution in [3.8, 4) is 11.5 Å². The Balaban J connectivity index is 1.56. The molecule has 8 heteroatoms. The maximum absolute atomic E-state index is 10.9. The number of rotatable bonds is 8. The van der Waals surface area contributed by atoms with E-state index in [9.17, 15) is 19.8 Å². The first-order valence-corrected chi connectivity index (χ1v) is 9.01. The van der Waals surface area contributed by atoms with Gasteiger partial charge in [-0.15, -0.1) is 0 Å². The van der Waals surface area contributed by atoms with E-state index in [2.05, 4.69) is 10.6 Å². The summed E-state index contributed by atoms with van der Waals surface area (Å²) in [5.41, 5.74) is 2.80. The van der Waals surface area contributed by atoms with E-state index in [-0.39, 0.29) is 22.6 Å². The van der Waals surface area contributed by atoms with Crippen LogP contribution in [-0.2, 0) is 13.1 Å². The molecule has 0 spiro atoms. The number of benzene rings is 3. The van der Waals surface area contributed by atoms with Gasteiger partial charge in [0.1, 0.15) is 11.5 Å². The largest absolute Gasteiger partial charge is 0.506 e. The van der Waals surface area contributed by atoms with Crippen molar-refractivity contribution >= 4 is 23.3 Å².